The van der Waals surface area contributed by atoms with Gasteiger partial charge in [0.1, 0.15) is 6.23 Å². The Bertz CT molecular complexity index is 91.0. The zero-order valence-electron chi connectivity index (χ0n) is 5.02. The topological polar surface area (TPSA) is 50.4 Å². The summed E-state index contributed by atoms with van der Waals surface area (Å²) >= 11 is 0. The van der Waals surface area contributed by atoms with E-state index in [1.807, 2.05) is 0 Å². The predicted octanol–water partition coefficient (Wildman–Crippen LogP) is -1.41. The van der Waals surface area contributed by atoms with Gasteiger partial charge in [0, 0.05) is 13.1 Å². The molecule has 1 amide bonds. The first kappa shape index (κ1) is 6.51. The largest absolute Gasteiger partial charge is 0.356 e. The maximum atomic E-state index is 9.73. The maximum absolute atomic E-state index is 9.73. The summed E-state index contributed by atoms with van der Waals surface area (Å²) < 4.78 is 5.08. The van der Waals surface area contributed by atoms with Crippen molar-refractivity contribution in [2.45, 2.75) is 6.23 Å². The molecule has 0 saturated carbocycles. The van der Waals surface area contributed by atoms with Gasteiger partial charge in [0.2, 0.25) is 0 Å². The molecule has 1 heterocycles. The van der Waals surface area contributed by atoms with Crippen LogP contribution < -0.4 is 10.6 Å². The van der Waals surface area contributed by atoms with Gasteiger partial charge in [-0.2, -0.15) is 0 Å². The smallest absolute Gasteiger partial charge is 0.311 e. The van der Waals surface area contributed by atoms with Gasteiger partial charge in [-0.1, -0.05) is 0 Å². The summed E-state index contributed by atoms with van der Waals surface area (Å²) in [6, 6.07) is 0. The quantitative estimate of drug-likeness (QED) is 0.450. The number of ether oxygens (including phenoxy) is 1. The molecule has 4 nitrogen and oxygen atoms in total. The minimum atomic E-state index is -0.184. The van der Waals surface area contributed by atoms with Gasteiger partial charge in [-0.05, 0) is 0 Å². The predicted molar refractivity (Wildman–Crippen MR) is 31.4 cm³/mol. The lowest BCUT2D eigenvalue weighted by molar-refractivity contribution is 0.0191. The Morgan fingerprint density at radius 3 is 3.22 bits per heavy atom. The van der Waals surface area contributed by atoms with Crippen LogP contribution in [-0.2, 0) is 9.53 Å². The molecule has 1 fully saturated rings. The van der Waals surface area contributed by atoms with Crippen molar-refractivity contribution in [2.24, 2.45) is 0 Å². The van der Waals surface area contributed by atoms with Crippen LogP contribution in [0.2, 0.25) is 0 Å². The van der Waals surface area contributed by atoms with Gasteiger partial charge < -0.3 is 15.4 Å². The Hall–Kier alpha value is -0.610. The Balaban J connectivity index is 2.15. The van der Waals surface area contributed by atoms with E-state index in [-0.39, 0.29) is 6.23 Å². The van der Waals surface area contributed by atoms with Crippen LogP contribution in [0.15, 0.2) is 0 Å². The fraction of sp³-hybridized carbons (Fsp3) is 0.800. The van der Waals surface area contributed by atoms with Crippen molar-refractivity contribution in [3.8, 4) is 0 Å². The Morgan fingerprint density at radius 1 is 1.78 bits per heavy atom. The van der Waals surface area contributed by atoms with Gasteiger partial charge in [0.15, 0.2) is 0 Å². The van der Waals surface area contributed by atoms with Crippen LogP contribution in [-0.4, -0.2) is 32.3 Å². The molecule has 0 aromatic carbocycles. The maximum Gasteiger partial charge on any atom is 0.311 e. The molecule has 4 heteroatoms. The van der Waals surface area contributed by atoms with E-state index < -0.39 is 0 Å². The average Bonchev–Trinajstić information content (AvgIpc) is 1.91. The zero-order valence-corrected chi connectivity index (χ0v) is 5.02. The number of morpholine rings is 1. The SMILES string of the molecule is O=[C]NC1CNCCO1. The van der Waals surface area contributed by atoms with E-state index in [1.165, 1.54) is 0 Å². The third-order valence-corrected chi connectivity index (χ3v) is 1.15. The van der Waals surface area contributed by atoms with E-state index >= 15 is 0 Å². The highest BCUT2D eigenvalue weighted by atomic mass is 16.5. The van der Waals surface area contributed by atoms with E-state index in [4.69, 9.17) is 4.74 Å². The molecule has 2 N–H and O–H groups in total. The molecule has 0 spiro atoms. The molecule has 0 aromatic rings. The third kappa shape index (κ3) is 1.99. The highest BCUT2D eigenvalue weighted by molar-refractivity contribution is 5.47. The van der Waals surface area contributed by atoms with Crippen LogP contribution in [0.4, 0.5) is 0 Å². The number of carbonyl (C=O) groups excluding carboxylic acids is 1. The van der Waals surface area contributed by atoms with Crippen molar-refractivity contribution in [1.82, 2.24) is 10.6 Å². The van der Waals surface area contributed by atoms with Crippen molar-refractivity contribution in [3.63, 3.8) is 0 Å². The first-order valence-electron chi connectivity index (χ1n) is 2.88. The monoisotopic (exact) mass is 129 g/mol. The standard InChI is InChI=1S/C5H9N2O2/c8-4-7-5-3-6-1-2-9-5/h5-6H,1-3H2,(H,7,8). The molecule has 1 atom stereocenters. The van der Waals surface area contributed by atoms with Gasteiger partial charge in [0.25, 0.3) is 0 Å². The molecule has 1 aliphatic rings. The lowest BCUT2D eigenvalue weighted by Crippen LogP contribution is -2.46. The van der Waals surface area contributed by atoms with Crippen molar-refractivity contribution < 1.29 is 9.53 Å². The van der Waals surface area contributed by atoms with Crippen LogP contribution in [0.5, 0.6) is 0 Å². The Kier molecular flexibility index (Phi) is 2.48. The van der Waals surface area contributed by atoms with Gasteiger partial charge in [-0.25, -0.2) is 0 Å². The summed E-state index contributed by atoms with van der Waals surface area (Å²) in [6.07, 6.45) is 1.39. The molecular formula is C5H9N2O2. The van der Waals surface area contributed by atoms with E-state index in [2.05, 4.69) is 10.6 Å². The number of nitrogens with one attached hydrogen (secondary N) is 2. The highest BCUT2D eigenvalue weighted by Gasteiger charge is 2.10. The number of hydrogen-bond donors (Lipinski definition) is 2. The number of hydrogen-bond acceptors (Lipinski definition) is 3. The second-order valence-corrected chi connectivity index (χ2v) is 1.81. The van der Waals surface area contributed by atoms with Crippen LogP contribution in [0.3, 0.4) is 0 Å². The molecule has 51 valence electrons. The van der Waals surface area contributed by atoms with Gasteiger partial charge in [-0.3, -0.25) is 4.79 Å². The minimum absolute atomic E-state index is 0.184. The summed E-state index contributed by atoms with van der Waals surface area (Å²) in [5.41, 5.74) is 0. The molecule has 0 aromatic heterocycles. The highest BCUT2D eigenvalue weighted by Crippen LogP contribution is 1.88. The number of amides is 1. The van der Waals surface area contributed by atoms with Crippen molar-refractivity contribution in [2.75, 3.05) is 19.7 Å². The second-order valence-electron chi connectivity index (χ2n) is 1.81. The van der Waals surface area contributed by atoms with Crippen LogP contribution in [0.25, 0.3) is 0 Å². The van der Waals surface area contributed by atoms with E-state index in [0.29, 0.717) is 13.2 Å². The first-order chi connectivity index (χ1) is 4.43. The second kappa shape index (κ2) is 3.42. The van der Waals surface area contributed by atoms with Crippen molar-refractivity contribution >= 4 is 6.41 Å². The van der Waals surface area contributed by atoms with Crippen LogP contribution >= 0.6 is 0 Å². The van der Waals surface area contributed by atoms with E-state index in [9.17, 15) is 4.79 Å². The molecule has 1 rings (SSSR count). The summed E-state index contributed by atoms with van der Waals surface area (Å²) in [4.78, 5) is 9.73. The lowest BCUT2D eigenvalue weighted by Gasteiger charge is -2.21. The molecular weight excluding hydrogens is 120 g/mol. The van der Waals surface area contributed by atoms with E-state index in [0.717, 1.165) is 6.54 Å². The molecule has 0 bridgehead atoms. The third-order valence-electron chi connectivity index (χ3n) is 1.15. The molecule has 9 heavy (non-hydrogen) atoms. The summed E-state index contributed by atoms with van der Waals surface area (Å²) in [5.74, 6) is 0. The molecule has 1 saturated heterocycles. The van der Waals surface area contributed by atoms with Crippen molar-refractivity contribution in [3.05, 3.63) is 0 Å². The Morgan fingerprint density at radius 2 is 2.67 bits per heavy atom. The normalized spacial score (nSPS) is 27.3. The minimum Gasteiger partial charge on any atom is -0.356 e. The fourth-order valence-electron chi connectivity index (χ4n) is 0.724. The fourth-order valence-corrected chi connectivity index (χ4v) is 0.724. The van der Waals surface area contributed by atoms with Gasteiger partial charge >= 0.3 is 6.41 Å². The van der Waals surface area contributed by atoms with Crippen molar-refractivity contribution in [1.29, 1.82) is 0 Å². The summed E-state index contributed by atoms with van der Waals surface area (Å²) in [7, 11) is 0. The summed E-state index contributed by atoms with van der Waals surface area (Å²) in [6.45, 7) is 2.19. The first-order valence-corrected chi connectivity index (χ1v) is 2.88. The lowest BCUT2D eigenvalue weighted by atomic mass is 10.4. The zero-order chi connectivity index (χ0) is 6.53. The molecule has 1 aliphatic heterocycles. The number of rotatable bonds is 2. The van der Waals surface area contributed by atoms with Crippen LogP contribution in [0.1, 0.15) is 0 Å². The molecule has 0 aliphatic carbocycles. The molecule has 1 radical (unpaired) electrons. The van der Waals surface area contributed by atoms with Gasteiger partial charge in [0.05, 0.1) is 6.61 Å². The van der Waals surface area contributed by atoms with E-state index in [1.54, 1.807) is 6.41 Å². The Labute approximate surface area is 53.6 Å². The van der Waals surface area contributed by atoms with Gasteiger partial charge in [-0.15, -0.1) is 0 Å². The van der Waals surface area contributed by atoms with Crippen LogP contribution in [0, 0.1) is 0 Å². The summed E-state index contributed by atoms with van der Waals surface area (Å²) in [5, 5.41) is 5.45. The molecule has 1 unspecified atom stereocenters. The average molecular weight is 129 g/mol.